The molecule has 0 saturated heterocycles. The highest BCUT2D eigenvalue weighted by molar-refractivity contribution is 7.98. The number of unbranched alkanes of at least 4 members (excludes halogenated alkanes) is 1. The van der Waals surface area contributed by atoms with Crippen LogP contribution in [0.2, 0.25) is 0 Å². The first-order valence-electron chi connectivity index (χ1n) is 7.43. The smallest absolute Gasteiger partial charge is 0.270 e. The number of thioether (sulfide) groups is 1. The van der Waals surface area contributed by atoms with Gasteiger partial charge < -0.3 is 9.72 Å². The molecule has 0 aliphatic rings. The molecule has 1 aromatic heterocycles. The molecular weight excluding hydrogens is 310 g/mol. The first-order chi connectivity index (χ1) is 11.1. The lowest BCUT2D eigenvalue weighted by atomic mass is 10.1. The van der Waals surface area contributed by atoms with Crippen LogP contribution in [0.4, 0.5) is 0 Å². The summed E-state index contributed by atoms with van der Waals surface area (Å²) in [5.41, 5.74) is 1.71. The number of nitrogens with zero attached hydrogens (tertiary/aromatic N) is 2. The summed E-state index contributed by atoms with van der Waals surface area (Å²) in [5, 5.41) is 9.76. The van der Waals surface area contributed by atoms with E-state index in [4.69, 9.17) is 4.74 Å². The number of hydrogen-bond donors (Lipinski definition) is 1. The Hall–Kier alpha value is -2.26. The van der Waals surface area contributed by atoms with Crippen molar-refractivity contribution in [2.75, 3.05) is 12.9 Å². The van der Waals surface area contributed by atoms with Gasteiger partial charge in [0.2, 0.25) is 0 Å². The average Bonchev–Trinajstić information content (AvgIpc) is 2.56. The molecular formula is C17H19N3O2S. The summed E-state index contributed by atoms with van der Waals surface area (Å²) in [7, 11) is 0. The molecule has 0 bridgehead atoms. The maximum atomic E-state index is 12.0. The van der Waals surface area contributed by atoms with Crippen molar-refractivity contribution in [1.29, 1.82) is 5.26 Å². The van der Waals surface area contributed by atoms with Gasteiger partial charge in [-0.15, -0.1) is 0 Å². The van der Waals surface area contributed by atoms with E-state index in [1.807, 2.05) is 37.4 Å². The van der Waals surface area contributed by atoms with E-state index in [1.54, 1.807) is 0 Å². The molecule has 120 valence electrons. The Morgan fingerprint density at radius 2 is 2.22 bits per heavy atom. The van der Waals surface area contributed by atoms with Crippen LogP contribution >= 0.6 is 11.8 Å². The predicted octanol–water partition coefficient (Wildman–Crippen LogP) is 3.52. The van der Waals surface area contributed by atoms with Crippen molar-refractivity contribution in [3.63, 3.8) is 0 Å². The van der Waals surface area contributed by atoms with E-state index in [-0.39, 0.29) is 5.56 Å². The summed E-state index contributed by atoms with van der Waals surface area (Å²) in [6.45, 7) is 4.72. The van der Waals surface area contributed by atoms with Crippen molar-refractivity contribution in [2.45, 2.75) is 31.8 Å². The number of aryl methyl sites for hydroxylation is 1. The Kier molecular flexibility index (Phi) is 5.83. The number of nitrogens with one attached hydrogen (secondary N) is 1. The topological polar surface area (TPSA) is 78.8 Å². The molecule has 0 atom stereocenters. The number of aromatic nitrogens is 2. The van der Waals surface area contributed by atoms with Crippen LogP contribution in [-0.4, -0.2) is 22.8 Å². The maximum Gasteiger partial charge on any atom is 0.270 e. The zero-order valence-electron chi connectivity index (χ0n) is 13.5. The monoisotopic (exact) mass is 329 g/mol. The molecule has 2 aromatic rings. The minimum Gasteiger partial charge on any atom is -0.493 e. The lowest BCUT2D eigenvalue weighted by Gasteiger charge is -2.11. The van der Waals surface area contributed by atoms with E-state index >= 15 is 0 Å². The summed E-state index contributed by atoms with van der Waals surface area (Å²) in [4.78, 5) is 19.0. The summed E-state index contributed by atoms with van der Waals surface area (Å²) < 4.78 is 5.80. The SMILES string of the molecule is CCCCOc1cc(-c2nc(SC)[nH]c(=O)c2C#N)ccc1C. The van der Waals surface area contributed by atoms with Crippen molar-refractivity contribution in [3.8, 4) is 23.1 Å². The third-order valence-electron chi connectivity index (χ3n) is 3.42. The van der Waals surface area contributed by atoms with Gasteiger partial charge in [-0.2, -0.15) is 5.26 Å². The predicted molar refractivity (Wildman–Crippen MR) is 91.9 cm³/mol. The third kappa shape index (κ3) is 3.93. The Balaban J connectivity index is 2.50. The first kappa shape index (κ1) is 17.1. The van der Waals surface area contributed by atoms with Gasteiger partial charge in [-0.05, 0) is 31.2 Å². The van der Waals surface area contributed by atoms with Gasteiger partial charge in [0.05, 0.1) is 12.3 Å². The number of H-pyrrole nitrogens is 1. The number of ether oxygens (including phenoxy) is 1. The fourth-order valence-electron chi connectivity index (χ4n) is 2.09. The minimum absolute atomic E-state index is 0.0196. The van der Waals surface area contributed by atoms with E-state index in [0.29, 0.717) is 23.0 Å². The number of hydrogen-bond acceptors (Lipinski definition) is 5. The molecule has 0 radical (unpaired) electrons. The van der Waals surface area contributed by atoms with Gasteiger partial charge >= 0.3 is 0 Å². The molecule has 0 unspecified atom stereocenters. The fraction of sp³-hybridized carbons (Fsp3) is 0.353. The van der Waals surface area contributed by atoms with Gasteiger partial charge in [0, 0.05) is 5.56 Å². The van der Waals surface area contributed by atoms with Crippen LogP contribution in [0, 0.1) is 18.3 Å². The van der Waals surface area contributed by atoms with Crippen molar-refractivity contribution >= 4 is 11.8 Å². The Labute approximate surface area is 139 Å². The summed E-state index contributed by atoms with van der Waals surface area (Å²) in [6, 6.07) is 7.56. The molecule has 0 saturated carbocycles. The molecule has 23 heavy (non-hydrogen) atoms. The highest BCUT2D eigenvalue weighted by Gasteiger charge is 2.14. The van der Waals surface area contributed by atoms with Crippen LogP contribution in [0.25, 0.3) is 11.3 Å². The molecule has 0 aliphatic heterocycles. The van der Waals surface area contributed by atoms with Gasteiger partial charge in [0.1, 0.15) is 17.4 Å². The molecule has 6 heteroatoms. The minimum atomic E-state index is -0.420. The second-order valence-electron chi connectivity index (χ2n) is 5.09. The number of aromatic amines is 1. The molecule has 1 N–H and O–H groups in total. The van der Waals surface area contributed by atoms with Gasteiger partial charge in [-0.25, -0.2) is 4.98 Å². The highest BCUT2D eigenvalue weighted by Crippen LogP contribution is 2.28. The van der Waals surface area contributed by atoms with Gasteiger partial charge in [0.25, 0.3) is 5.56 Å². The molecule has 0 fully saturated rings. The van der Waals surface area contributed by atoms with E-state index in [2.05, 4.69) is 16.9 Å². The third-order valence-corrected chi connectivity index (χ3v) is 4.00. The molecule has 1 aromatic carbocycles. The lowest BCUT2D eigenvalue weighted by Crippen LogP contribution is -2.14. The van der Waals surface area contributed by atoms with Crippen LogP contribution in [0.3, 0.4) is 0 Å². The zero-order valence-corrected chi connectivity index (χ0v) is 14.3. The molecule has 2 rings (SSSR count). The zero-order chi connectivity index (χ0) is 16.8. The van der Waals surface area contributed by atoms with E-state index in [0.717, 1.165) is 24.2 Å². The number of benzene rings is 1. The fourth-order valence-corrected chi connectivity index (χ4v) is 2.47. The van der Waals surface area contributed by atoms with Crippen molar-refractivity contribution < 1.29 is 4.74 Å². The largest absolute Gasteiger partial charge is 0.493 e. The van der Waals surface area contributed by atoms with Crippen LogP contribution in [0.1, 0.15) is 30.9 Å². The molecule has 0 amide bonds. The quantitative estimate of drug-likeness (QED) is 0.498. The molecule has 1 heterocycles. The summed E-state index contributed by atoms with van der Waals surface area (Å²) in [6.07, 6.45) is 3.86. The number of nitriles is 1. The van der Waals surface area contributed by atoms with Gasteiger partial charge in [-0.1, -0.05) is 37.2 Å². The van der Waals surface area contributed by atoms with Gasteiger partial charge in [-0.3, -0.25) is 4.79 Å². The lowest BCUT2D eigenvalue weighted by molar-refractivity contribution is 0.307. The maximum absolute atomic E-state index is 12.0. The van der Waals surface area contributed by atoms with E-state index < -0.39 is 5.56 Å². The summed E-state index contributed by atoms with van der Waals surface area (Å²) >= 11 is 1.33. The van der Waals surface area contributed by atoms with E-state index in [1.165, 1.54) is 11.8 Å². The average molecular weight is 329 g/mol. The Bertz CT molecular complexity index is 793. The van der Waals surface area contributed by atoms with Crippen LogP contribution in [0.5, 0.6) is 5.75 Å². The van der Waals surface area contributed by atoms with Crippen molar-refractivity contribution in [3.05, 3.63) is 39.7 Å². The Morgan fingerprint density at radius 3 is 2.87 bits per heavy atom. The van der Waals surface area contributed by atoms with Gasteiger partial charge in [0.15, 0.2) is 5.16 Å². The number of rotatable bonds is 6. The van der Waals surface area contributed by atoms with Crippen LogP contribution < -0.4 is 10.3 Å². The Morgan fingerprint density at radius 1 is 1.43 bits per heavy atom. The van der Waals surface area contributed by atoms with Crippen LogP contribution in [-0.2, 0) is 0 Å². The second-order valence-corrected chi connectivity index (χ2v) is 5.89. The summed E-state index contributed by atoms with van der Waals surface area (Å²) in [5.74, 6) is 0.757. The molecule has 5 nitrogen and oxygen atoms in total. The molecule has 0 aliphatic carbocycles. The van der Waals surface area contributed by atoms with Crippen LogP contribution in [0.15, 0.2) is 28.2 Å². The van der Waals surface area contributed by atoms with Crippen molar-refractivity contribution in [2.24, 2.45) is 0 Å². The standard InChI is InChI=1S/C17H19N3O2S/c1-4-5-8-22-14-9-12(7-6-11(14)2)15-13(10-18)16(21)20-17(19-15)23-3/h6-7,9H,4-5,8H2,1-3H3,(H,19,20,21). The molecule has 0 spiro atoms. The van der Waals surface area contributed by atoms with Crippen molar-refractivity contribution in [1.82, 2.24) is 9.97 Å². The second kappa shape index (κ2) is 7.84. The normalized spacial score (nSPS) is 10.3. The van der Waals surface area contributed by atoms with E-state index in [9.17, 15) is 10.1 Å². The highest BCUT2D eigenvalue weighted by atomic mass is 32.2. The first-order valence-corrected chi connectivity index (χ1v) is 8.65.